The zero-order chi connectivity index (χ0) is 13.0. The van der Waals surface area contributed by atoms with Crippen LogP contribution < -0.4 is 10.5 Å². The van der Waals surface area contributed by atoms with E-state index in [1.54, 1.807) is 6.26 Å². The smallest absolute Gasteiger partial charge is 0.146 e. The highest BCUT2D eigenvalue weighted by atomic mass is 16.5. The highest BCUT2D eigenvalue weighted by molar-refractivity contribution is 5.35. The quantitative estimate of drug-likeness (QED) is 0.877. The number of furan rings is 1. The summed E-state index contributed by atoms with van der Waals surface area (Å²) in [5.74, 6) is 2.16. The molecule has 0 amide bonds. The highest BCUT2D eigenvalue weighted by Crippen LogP contribution is 2.26. The molecule has 0 radical (unpaired) electrons. The monoisotopic (exact) mass is 245 g/mol. The molecule has 1 heterocycles. The summed E-state index contributed by atoms with van der Waals surface area (Å²) in [6, 6.07) is 10.0. The largest absolute Gasteiger partial charge is 0.485 e. The molecule has 0 spiro atoms. The number of para-hydroxylation sites is 1. The van der Waals surface area contributed by atoms with Crippen LogP contribution in [0, 0.1) is 0 Å². The van der Waals surface area contributed by atoms with Crippen LogP contribution >= 0.6 is 0 Å². The normalized spacial score (nSPS) is 10.9. The van der Waals surface area contributed by atoms with Crippen LogP contribution in [0.2, 0.25) is 0 Å². The van der Waals surface area contributed by atoms with E-state index in [-0.39, 0.29) is 0 Å². The summed E-state index contributed by atoms with van der Waals surface area (Å²) in [5, 5.41) is 0. The van der Waals surface area contributed by atoms with Crippen molar-refractivity contribution in [3.63, 3.8) is 0 Å². The summed E-state index contributed by atoms with van der Waals surface area (Å²) in [4.78, 5) is 0. The molecule has 1 aromatic carbocycles. The van der Waals surface area contributed by atoms with Gasteiger partial charge in [-0.1, -0.05) is 32.0 Å². The minimum Gasteiger partial charge on any atom is -0.485 e. The zero-order valence-corrected chi connectivity index (χ0v) is 10.8. The lowest BCUT2D eigenvalue weighted by molar-refractivity contribution is 0.267. The third kappa shape index (κ3) is 2.93. The van der Waals surface area contributed by atoms with E-state index < -0.39 is 0 Å². The second-order valence-corrected chi connectivity index (χ2v) is 4.61. The molecule has 2 N–H and O–H groups in total. The molecular formula is C15H19NO2. The summed E-state index contributed by atoms with van der Waals surface area (Å²) in [5.41, 5.74) is 7.74. The van der Waals surface area contributed by atoms with Gasteiger partial charge in [0.25, 0.3) is 0 Å². The van der Waals surface area contributed by atoms with Crippen molar-refractivity contribution in [2.24, 2.45) is 5.73 Å². The molecule has 0 unspecified atom stereocenters. The summed E-state index contributed by atoms with van der Waals surface area (Å²) in [6.07, 6.45) is 1.67. The van der Waals surface area contributed by atoms with Crippen molar-refractivity contribution in [2.45, 2.75) is 32.9 Å². The third-order valence-electron chi connectivity index (χ3n) is 2.85. The Kier molecular flexibility index (Phi) is 4.05. The Morgan fingerprint density at radius 2 is 2.06 bits per heavy atom. The second-order valence-electron chi connectivity index (χ2n) is 4.61. The number of hydrogen-bond acceptors (Lipinski definition) is 3. The molecular weight excluding hydrogens is 226 g/mol. The summed E-state index contributed by atoms with van der Waals surface area (Å²) >= 11 is 0. The van der Waals surface area contributed by atoms with Crippen LogP contribution in [0.5, 0.6) is 5.75 Å². The SMILES string of the molecule is CC(C)c1ccccc1OCc1cc(CN)co1. The molecule has 0 saturated heterocycles. The second kappa shape index (κ2) is 5.74. The van der Waals surface area contributed by atoms with Crippen LogP contribution in [0.15, 0.2) is 41.0 Å². The average Bonchev–Trinajstić information content (AvgIpc) is 2.84. The number of ether oxygens (including phenoxy) is 1. The van der Waals surface area contributed by atoms with Crippen LogP contribution in [0.4, 0.5) is 0 Å². The number of benzene rings is 1. The standard InChI is InChI=1S/C15H19NO2/c1-11(2)14-5-3-4-6-15(14)18-10-13-7-12(8-16)9-17-13/h3-7,9,11H,8,10,16H2,1-2H3. The minimum absolute atomic E-state index is 0.434. The van der Waals surface area contributed by atoms with Crippen molar-refractivity contribution in [1.29, 1.82) is 0 Å². The lowest BCUT2D eigenvalue weighted by atomic mass is 10.0. The summed E-state index contributed by atoms with van der Waals surface area (Å²) < 4.78 is 11.2. The molecule has 3 nitrogen and oxygen atoms in total. The van der Waals surface area contributed by atoms with Gasteiger partial charge in [-0.15, -0.1) is 0 Å². The van der Waals surface area contributed by atoms with Gasteiger partial charge in [0.1, 0.15) is 18.1 Å². The van der Waals surface area contributed by atoms with E-state index in [1.807, 2.05) is 24.3 Å². The first-order chi connectivity index (χ1) is 8.70. The Hall–Kier alpha value is -1.74. The van der Waals surface area contributed by atoms with Crippen molar-refractivity contribution in [1.82, 2.24) is 0 Å². The van der Waals surface area contributed by atoms with E-state index in [0.29, 0.717) is 19.1 Å². The third-order valence-corrected chi connectivity index (χ3v) is 2.85. The predicted molar refractivity (Wildman–Crippen MR) is 71.5 cm³/mol. The van der Waals surface area contributed by atoms with Gasteiger partial charge in [0.05, 0.1) is 6.26 Å². The number of nitrogens with two attached hydrogens (primary N) is 1. The zero-order valence-electron chi connectivity index (χ0n) is 10.8. The first-order valence-corrected chi connectivity index (χ1v) is 6.18. The molecule has 2 rings (SSSR count). The molecule has 0 aliphatic carbocycles. The van der Waals surface area contributed by atoms with Crippen LogP contribution in [-0.4, -0.2) is 0 Å². The molecule has 18 heavy (non-hydrogen) atoms. The molecule has 0 atom stereocenters. The van der Waals surface area contributed by atoms with E-state index >= 15 is 0 Å². The van der Waals surface area contributed by atoms with Gasteiger partial charge >= 0.3 is 0 Å². The fraction of sp³-hybridized carbons (Fsp3) is 0.333. The number of rotatable bonds is 5. The first-order valence-electron chi connectivity index (χ1n) is 6.18. The van der Waals surface area contributed by atoms with E-state index in [0.717, 1.165) is 17.1 Å². The van der Waals surface area contributed by atoms with Crippen molar-refractivity contribution < 1.29 is 9.15 Å². The van der Waals surface area contributed by atoms with Gasteiger partial charge in [-0.25, -0.2) is 0 Å². The van der Waals surface area contributed by atoms with Gasteiger partial charge in [-0.3, -0.25) is 0 Å². The van der Waals surface area contributed by atoms with Crippen molar-refractivity contribution in [2.75, 3.05) is 0 Å². The van der Waals surface area contributed by atoms with Gasteiger partial charge in [0.15, 0.2) is 0 Å². The maximum atomic E-state index is 5.81. The molecule has 96 valence electrons. The Bertz CT molecular complexity index is 503. The molecule has 1 aromatic heterocycles. The van der Waals surface area contributed by atoms with Gasteiger partial charge in [-0.2, -0.15) is 0 Å². The van der Waals surface area contributed by atoms with E-state index in [2.05, 4.69) is 19.9 Å². The van der Waals surface area contributed by atoms with Gasteiger partial charge in [0, 0.05) is 12.1 Å². The molecule has 3 heteroatoms. The lowest BCUT2D eigenvalue weighted by Gasteiger charge is -2.12. The Morgan fingerprint density at radius 3 is 2.72 bits per heavy atom. The molecule has 0 fully saturated rings. The van der Waals surface area contributed by atoms with Crippen molar-refractivity contribution in [3.8, 4) is 5.75 Å². The molecule has 0 bridgehead atoms. The first kappa shape index (κ1) is 12.7. The van der Waals surface area contributed by atoms with Crippen LogP contribution in [0.3, 0.4) is 0 Å². The Labute approximate surface area is 108 Å². The molecule has 0 aliphatic rings. The molecule has 2 aromatic rings. The average molecular weight is 245 g/mol. The minimum atomic E-state index is 0.434. The van der Waals surface area contributed by atoms with E-state index in [4.69, 9.17) is 14.9 Å². The van der Waals surface area contributed by atoms with Crippen molar-refractivity contribution in [3.05, 3.63) is 53.5 Å². The fourth-order valence-corrected chi connectivity index (χ4v) is 1.85. The summed E-state index contributed by atoms with van der Waals surface area (Å²) in [7, 11) is 0. The predicted octanol–water partition coefficient (Wildman–Crippen LogP) is 3.44. The maximum absolute atomic E-state index is 5.81. The van der Waals surface area contributed by atoms with Gasteiger partial charge in [-0.05, 0) is 23.6 Å². The van der Waals surface area contributed by atoms with Crippen LogP contribution in [0.1, 0.15) is 36.7 Å². The highest BCUT2D eigenvalue weighted by Gasteiger charge is 2.08. The van der Waals surface area contributed by atoms with Crippen LogP contribution in [-0.2, 0) is 13.2 Å². The Morgan fingerprint density at radius 1 is 1.28 bits per heavy atom. The fourth-order valence-electron chi connectivity index (χ4n) is 1.85. The number of hydrogen-bond donors (Lipinski definition) is 1. The van der Waals surface area contributed by atoms with Crippen LogP contribution in [0.25, 0.3) is 0 Å². The Balaban J connectivity index is 2.05. The van der Waals surface area contributed by atoms with Gasteiger partial charge in [0.2, 0.25) is 0 Å². The van der Waals surface area contributed by atoms with E-state index in [1.165, 1.54) is 5.56 Å². The topological polar surface area (TPSA) is 48.4 Å². The van der Waals surface area contributed by atoms with Crippen molar-refractivity contribution >= 4 is 0 Å². The lowest BCUT2D eigenvalue weighted by Crippen LogP contribution is -1.99. The van der Waals surface area contributed by atoms with E-state index in [9.17, 15) is 0 Å². The summed E-state index contributed by atoms with van der Waals surface area (Å²) in [6.45, 7) is 5.24. The molecule has 0 aliphatic heterocycles. The maximum Gasteiger partial charge on any atom is 0.146 e. The molecule has 0 saturated carbocycles. The van der Waals surface area contributed by atoms with Gasteiger partial charge < -0.3 is 14.9 Å².